The van der Waals surface area contributed by atoms with Gasteiger partial charge in [0, 0.05) is 31.6 Å². The van der Waals surface area contributed by atoms with Crippen LogP contribution in [0.15, 0.2) is 30.3 Å². The minimum atomic E-state index is -0.455. The predicted molar refractivity (Wildman–Crippen MR) is 95.9 cm³/mol. The molecule has 132 valence electrons. The van der Waals surface area contributed by atoms with Crippen LogP contribution >= 0.6 is 0 Å². The van der Waals surface area contributed by atoms with Crippen molar-refractivity contribution in [2.75, 3.05) is 20.1 Å². The fourth-order valence-corrected chi connectivity index (χ4v) is 4.24. The lowest BCUT2D eigenvalue weighted by atomic mass is 10.1. The molecule has 2 fully saturated rings. The molecule has 1 saturated carbocycles. The van der Waals surface area contributed by atoms with E-state index in [-0.39, 0.29) is 17.0 Å². The van der Waals surface area contributed by atoms with Crippen molar-refractivity contribution in [1.82, 2.24) is 9.80 Å². The largest absolute Gasteiger partial charge is 0.444 e. The SMILES string of the molecule is C[C@H](c1ccccc1)N1CC2(C)CC2(N(C)C(=O)OC(C)(C)C)C1. The smallest absolute Gasteiger partial charge is 0.410 e. The third kappa shape index (κ3) is 2.81. The average molecular weight is 330 g/mol. The molecule has 2 unspecified atom stereocenters. The molecular weight excluding hydrogens is 300 g/mol. The molecular formula is C20H30N2O2. The standard InChI is InChI=1S/C20H30N2O2/c1-15(16-10-8-7-9-11-16)22-13-19(5)12-20(19,14-22)21(6)17(23)24-18(2,3)4/h7-11,15H,12-14H2,1-6H3/t15-,19?,20?/m1/s1. The average Bonchev–Trinajstić information content (AvgIpc) is 2.98. The number of hydrogen-bond donors (Lipinski definition) is 0. The number of carbonyl (C=O) groups is 1. The molecule has 3 atom stereocenters. The number of rotatable bonds is 3. The lowest BCUT2D eigenvalue weighted by molar-refractivity contribution is 0.0163. The second kappa shape index (κ2) is 5.48. The zero-order valence-corrected chi connectivity index (χ0v) is 15.8. The molecule has 0 bridgehead atoms. The van der Waals surface area contributed by atoms with Crippen LogP contribution in [-0.4, -0.2) is 47.2 Å². The van der Waals surface area contributed by atoms with Gasteiger partial charge >= 0.3 is 6.09 Å². The van der Waals surface area contributed by atoms with Gasteiger partial charge in [0.05, 0.1) is 5.54 Å². The van der Waals surface area contributed by atoms with Crippen LogP contribution in [0.3, 0.4) is 0 Å². The summed E-state index contributed by atoms with van der Waals surface area (Å²) in [5, 5.41) is 0. The molecule has 1 aliphatic heterocycles. The molecule has 1 amide bonds. The maximum Gasteiger partial charge on any atom is 0.410 e. The van der Waals surface area contributed by atoms with Crippen molar-refractivity contribution < 1.29 is 9.53 Å². The Bertz CT molecular complexity index is 624. The summed E-state index contributed by atoms with van der Waals surface area (Å²) in [6.07, 6.45) is 0.855. The van der Waals surface area contributed by atoms with Gasteiger partial charge in [0.15, 0.2) is 0 Å². The van der Waals surface area contributed by atoms with Gasteiger partial charge < -0.3 is 9.64 Å². The summed E-state index contributed by atoms with van der Waals surface area (Å²) in [6, 6.07) is 11.0. The highest BCUT2D eigenvalue weighted by atomic mass is 16.6. The van der Waals surface area contributed by atoms with Crippen LogP contribution in [-0.2, 0) is 4.74 Å². The van der Waals surface area contributed by atoms with Crippen LogP contribution in [0, 0.1) is 5.41 Å². The van der Waals surface area contributed by atoms with Crippen molar-refractivity contribution >= 4 is 6.09 Å². The van der Waals surface area contributed by atoms with E-state index in [1.807, 2.05) is 32.7 Å². The molecule has 0 aromatic heterocycles. The van der Waals surface area contributed by atoms with E-state index < -0.39 is 5.60 Å². The Labute approximate surface area is 145 Å². The molecule has 1 saturated heterocycles. The number of likely N-dealkylation sites (tertiary alicyclic amines) is 1. The van der Waals surface area contributed by atoms with Gasteiger partial charge in [-0.05, 0) is 39.7 Å². The topological polar surface area (TPSA) is 32.8 Å². The van der Waals surface area contributed by atoms with E-state index in [4.69, 9.17) is 4.74 Å². The van der Waals surface area contributed by atoms with Crippen LogP contribution in [0.5, 0.6) is 0 Å². The van der Waals surface area contributed by atoms with E-state index in [1.165, 1.54) is 5.56 Å². The summed E-state index contributed by atoms with van der Waals surface area (Å²) < 4.78 is 5.60. The third-order valence-corrected chi connectivity index (χ3v) is 5.84. The Hall–Kier alpha value is -1.55. The number of likely N-dealkylation sites (N-methyl/N-ethyl adjacent to an activating group) is 1. The number of piperidine rings is 1. The monoisotopic (exact) mass is 330 g/mol. The number of ether oxygens (including phenoxy) is 1. The van der Waals surface area contributed by atoms with E-state index in [0.29, 0.717) is 6.04 Å². The van der Waals surface area contributed by atoms with Crippen LogP contribution in [0.1, 0.15) is 52.6 Å². The Morgan fingerprint density at radius 3 is 2.46 bits per heavy atom. The van der Waals surface area contributed by atoms with E-state index in [2.05, 4.69) is 49.1 Å². The Kier molecular flexibility index (Phi) is 3.95. The second-order valence-electron chi connectivity index (χ2n) is 8.80. The quantitative estimate of drug-likeness (QED) is 0.837. The van der Waals surface area contributed by atoms with Crippen molar-refractivity contribution in [2.24, 2.45) is 5.41 Å². The molecule has 0 radical (unpaired) electrons. The summed E-state index contributed by atoms with van der Waals surface area (Å²) >= 11 is 0. The van der Waals surface area contributed by atoms with Crippen molar-refractivity contribution in [1.29, 1.82) is 0 Å². The molecule has 4 nitrogen and oxygen atoms in total. The molecule has 1 heterocycles. The maximum atomic E-state index is 12.6. The summed E-state index contributed by atoms with van der Waals surface area (Å²) in [4.78, 5) is 16.9. The zero-order chi connectivity index (χ0) is 17.8. The van der Waals surface area contributed by atoms with Crippen LogP contribution in [0.25, 0.3) is 0 Å². The molecule has 1 aromatic rings. The highest BCUT2D eigenvalue weighted by Gasteiger charge is 2.73. The van der Waals surface area contributed by atoms with Crippen LogP contribution in [0.4, 0.5) is 4.79 Å². The third-order valence-electron chi connectivity index (χ3n) is 5.84. The minimum Gasteiger partial charge on any atom is -0.444 e. The number of benzene rings is 1. The molecule has 3 rings (SSSR count). The second-order valence-corrected chi connectivity index (χ2v) is 8.80. The first kappa shape index (κ1) is 17.3. The van der Waals surface area contributed by atoms with Gasteiger partial charge in [-0.15, -0.1) is 0 Å². The van der Waals surface area contributed by atoms with Gasteiger partial charge in [0.1, 0.15) is 5.60 Å². The van der Waals surface area contributed by atoms with Crippen LogP contribution in [0.2, 0.25) is 0 Å². The highest BCUT2D eigenvalue weighted by molar-refractivity contribution is 5.70. The number of amides is 1. The highest BCUT2D eigenvalue weighted by Crippen LogP contribution is 2.65. The summed E-state index contributed by atoms with van der Waals surface area (Å²) in [5.74, 6) is 0. The van der Waals surface area contributed by atoms with Crippen molar-refractivity contribution in [3.8, 4) is 0 Å². The number of hydrogen-bond acceptors (Lipinski definition) is 3. The molecule has 0 spiro atoms. The Balaban J connectivity index is 1.73. The first-order valence-electron chi connectivity index (χ1n) is 8.84. The van der Waals surface area contributed by atoms with E-state index in [0.717, 1.165) is 19.5 Å². The molecule has 24 heavy (non-hydrogen) atoms. The molecule has 0 N–H and O–H groups in total. The number of fused-ring (bicyclic) bond motifs is 1. The van der Waals surface area contributed by atoms with E-state index in [1.54, 1.807) is 0 Å². The van der Waals surface area contributed by atoms with Gasteiger partial charge in [-0.3, -0.25) is 4.90 Å². The minimum absolute atomic E-state index is 0.0849. The van der Waals surface area contributed by atoms with Gasteiger partial charge in [-0.1, -0.05) is 37.3 Å². The molecule has 4 heteroatoms. The first-order valence-corrected chi connectivity index (χ1v) is 8.84. The van der Waals surface area contributed by atoms with Gasteiger partial charge in [-0.25, -0.2) is 4.79 Å². The molecule has 2 aliphatic rings. The molecule has 1 aliphatic carbocycles. The Morgan fingerprint density at radius 1 is 1.25 bits per heavy atom. The van der Waals surface area contributed by atoms with Crippen LogP contribution < -0.4 is 0 Å². The fraction of sp³-hybridized carbons (Fsp3) is 0.650. The van der Waals surface area contributed by atoms with Crippen molar-refractivity contribution in [2.45, 2.75) is 58.2 Å². The Morgan fingerprint density at radius 2 is 1.88 bits per heavy atom. The number of carbonyl (C=O) groups excluding carboxylic acids is 1. The van der Waals surface area contributed by atoms with E-state index >= 15 is 0 Å². The summed E-state index contributed by atoms with van der Waals surface area (Å²) in [7, 11) is 1.90. The summed E-state index contributed by atoms with van der Waals surface area (Å²) in [6.45, 7) is 12.2. The zero-order valence-electron chi connectivity index (χ0n) is 15.8. The molecule has 1 aromatic carbocycles. The van der Waals surface area contributed by atoms with Crippen molar-refractivity contribution in [3.05, 3.63) is 35.9 Å². The number of nitrogens with zero attached hydrogens (tertiary/aromatic N) is 2. The van der Waals surface area contributed by atoms with Gasteiger partial charge in [0.25, 0.3) is 0 Å². The van der Waals surface area contributed by atoms with E-state index in [9.17, 15) is 4.79 Å². The maximum absolute atomic E-state index is 12.6. The predicted octanol–water partition coefficient (Wildman–Crippen LogP) is 4.08. The summed E-state index contributed by atoms with van der Waals surface area (Å²) in [5.41, 5.74) is 0.959. The van der Waals surface area contributed by atoms with Crippen molar-refractivity contribution in [3.63, 3.8) is 0 Å². The van der Waals surface area contributed by atoms with Gasteiger partial charge in [0.2, 0.25) is 0 Å². The normalized spacial score (nSPS) is 30.6. The first-order chi connectivity index (χ1) is 11.1. The fourth-order valence-electron chi connectivity index (χ4n) is 4.24. The lowest BCUT2D eigenvalue weighted by Gasteiger charge is -2.33. The van der Waals surface area contributed by atoms with Gasteiger partial charge in [-0.2, -0.15) is 0 Å². The lowest BCUT2D eigenvalue weighted by Crippen LogP contribution is -2.46.